The van der Waals surface area contributed by atoms with Crippen LogP contribution in [0.3, 0.4) is 0 Å². The maximum absolute atomic E-state index is 3.56. The third-order valence-electron chi connectivity index (χ3n) is 24.4. The Morgan fingerprint density at radius 1 is 0.206 bits per heavy atom. The minimum atomic E-state index is -0.108. The second kappa shape index (κ2) is 23.2. The molecule has 0 saturated heterocycles. The summed E-state index contributed by atoms with van der Waals surface area (Å²) >= 11 is 3.56. The largest absolute Gasteiger partial charge is 0.309 e. The molecule has 0 unspecified atom stereocenters. The van der Waals surface area contributed by atoms with Crippen LogP contribution >= 0.6 is 15.9 Å². The second-order valence-electron chi connectivity index (χ2n) is 30.7. The Bertz CT molecular complexity index is 7330. The average molecular weight is 1430 g/mol. The highest BCUT2D eigenvalue weighted by atomic mass is 79.9. The highest BCUT2D eigenvalue weighted by Crippen LogP contribution is 2.55. The van der Waals surface area contributed by atoms with E-state index in [-0.39, 0.29) is 10.8 Å². The fourth-order valence-corrected chi connectivity index (χ4v) is 19.8. The van der Waals surface area contributed by atoms with Crippen LogP contribution in [0, 0.1) is 0 Å². The van der Waals surface area contributed by atoms with E-state index in [4.69, 9.17) is 0 Å². The summed E-state index contributed by atoms with van der Waals surface area (Å²) in [6.07, 6.45) is 1.02. The molecule has 0 bridgehead atoms. The molecule has 0 fully saturated rings. The van der Waals surface area contributed by atoms with Crippen molar-refractivity contribution in [2.24, 2.45) is 0 Å². The van der Waals surface area contributed by atoms with Crippen molar-refractivity contribution in [1.29, 1.82) is 0 Å². The lowest BCUT2D eigenvalue weighted by Crippen LogP contribution is -2.15. The van der Waals surface area contributed by atoms with Crippen LogP contribution in [0.25, 0.3) is 180 Å². The van der Waals surface area contributed by atoms with Gasteiger partial charge in [0.1, 0.15) is 0 Å². The molecule has 3 aliphatic carbocycles. The van der Waals surface area contributed by atoms with E-state index >= 15 is 0 Å². The molecular weight excluding hydrogens is 1360 g/mol. The van der Waals surface area contributed by atoms with Gasteiger partial charge in [0.05, 0.1) is 33.1 Å². The van der Waals surface area contributed by atoms with Crippen LogP contribution in [-0.2, 0) is 17.3 Å². The van der Waals surface area contributed by atoms with Crippen LogP contribution in [0.5, 0.6) is 0 Å². The van der Waals surface area contributed by atoms with Crippen LogP contribution in [0.15, 0.2) is 344 Å². The molecule has 18 aromatic carbocycles. The Hall–Kier alpha value is -12.6. The van der Waals surface area contributed by atoms with Crippen LogP contribution in [0.4, 0.5) is 0 Å². The number of fused-ring (bicyclic) bond motifs is 30. The molecule has 0 amide bonds. The molecular formula is C103H70BrN3. The Morgan fingerprint density at radius 2 is 0.523 bits per heavy atom. The van der Waals surface area contributed by atoms with Gasteiger partial charge in [0, 0.05) is 64.7 Å². The van der Waals surface area contributed by atoms with Crippen molar-refractivity contribution in [2.45, 2.75) is 44.9 Å². The Labute approximate surface area is 628 Å². The van der Waals surface area contributed by atoms with Gasteiger partial charge in [-0.1, -0.05) is 280 Å². The zero-order valence-electron chi connectivity index (χ0n) is 59.8. The van der Waals surface area contributed by atoms with E-state index in [2.05, 4.69) is 397 Å². The number of aromatic nitrogens is 3. The van der Waals surface area contributed by atoms with Gasteiger partial charge in [0.25, 0.3) is 0 Å². The van der Waals surface area contributed by atoms with E-state index in [1.165, 1.54) is 203 Å². The van der Waals surface area contributed by atoms with Gasteiger partial charge < -0.3 is 13.7 Å². The van der Waals surface area contributed by atoms with Gasteiger partial charge in [-0.05, 0) is 241 Å². The summed E-state index contributed by atoms with van der Waals surface area (Å²) in [6, 6.07) is 126. The lowest BCUT2D eigenvalue weighted by molar-refractivity contribution is 0.659. The van der Waals surface area contributed by atoms with Crippen LogP contribution in [0.2, 0.25) is 0 Å². The van der Waals surface area contributed by atoms with Gasteiger partial charge in [0.15, 0.2) is 0 Å². The molecule has 504 valence electrons. The molecule has 3 aromatic heterocycles. The molecule has 107 heavy (non-hydrogen) atoms. The van der Waals surface area contributed by atoms with Crippen molar-refractivity contribution in [3.63, 3.8) is 0 Å². The molecule has 0 radical (unpaired) electrons. The van der Waals surface area contributed by atoms with E-state index in [9.17, 15) is 0 Å². The Kier molecular flexibility index (Phi) is 13.4. The van der Waals surface area contributed by atoms with Gasteiger partial charge in [-0.2, -0.15) is 0 Å². The molecule has 0 spiro atoms. The zero-order valence-corrected chi connectivity index (χ0v) is 61.3. The first-order chi connectivity index (χ1) is 52.5. The maximum atomic E-state index is 3.56. The minimum Gasteiger partial charge on any atom is -0.309 e. The predicted octanol–water partition coefficient (Wildman–Crippen LogP) is 28.2. The molecule has 0 atom stereocenters. The first-order valence-corrected chi connectivity index (χ1v) is 38.2. The topological polar surface area (TPSA) is 14.8 Å². The highest BCUT2D eigenvalue weighted by Gasteiger charge is 2.39. The highest BCUT2D eigenvalue weighted by molar-refractivity contribution is 9.10. The molecule has 0 aliphatic heterocycles. The number of halogens is 1. The lowest BCUT2D eigenvalue weighted by Gasteiger charge is -2.22. The Morgan fingerprint density at radius 3 is 1.00 bits per heavy atom. The van der Waals surface area contributed by atoms with Crippen molar-refractivity contribution in [3.8, 4) is 50.4 Å². The maximum Gasteiger partial charge on any atom is 0.0547 e. The summed E-state index contributed by atoms with van der Waals surface area (Å²) in [6.45, 7) is 9.51. The van der Waals surface area contributed by atoms with E-state index in [1.54, 1.807) is 0 Å². The summed E-state index contributed by atoms with van der Waals surface area (Å²) in [5.41, 5.74) is 27.8. The van der Waals surface area contributed by atoms with E-state index in [0.29, 0.717) is 0 Å². The van der Waals surface area contributed by atoms with Gasteiger partial charge in [0.2, 0.25) is 0 Å². The van der Waals surface area contributed by atoms with Crippen molar-refractivity contribution in [2.75, 3.05) is 0 Å². The smallest absolute Gasteiger partial charge is 0.0547 e. The minimum absolute atomic E-state index is 0.0485. The number of para-hydroxylation sites is 4. The normalized spacial score (nSPS) is 13.6. The standard InChI is InChI=1S/C51H34N2.C34H24.C18H12BrN/c1-51(2)45-23-10-7-20-37(45)42-28-44-43-27-40-35-18-5-3-16-33(35)34-17-4-6-19-36(34)41(40)29-49(43)53(50(44)30-46(42)51)32-15-13-14-31(26-32)52-47-24-11-8-21-38(47)39-22-9-12-25-48(39)52;1-34(2)32-14-8-7-13-26(32)31-19-28-21(17-33(31)34)15-20-16-29-24-11-5-3-9-22(24)23-10-4-6-12-25(23)30(29)18-27(20)28;19-13-6-5-7-14(12-13)20-17-10-3-1-8-15(17)16-9-2-4-11-18(16)20/h3-30H,1-2H3;3-14,16-19H,15H2,1-2H3;1-12H. The molecule has 21 aromatic rings. The van der Waals surface area contributed by atoms with Crippen molar-refractivity contribution in [1.82, 2.24) is 13.7 Å². The molecule has 24 rings (SSSR count). The predicted molar refractivity (Wildman–Crippen MR) is 458 cm³/mol. The van der Waals surface area contributed by atoms with Gasteiger partial charge >= 0.3 is 0 Å². The molecule has 0 N–H and O–H groups in total. The second-order valence-corrected chi connectivity index (χ2v) is 31.6. The average Bonchev–Trinajstić information content (AvgIpc) is 1.50. The SMILES string of the molecule is Brc1cccc(-n2c3ccccc3c3ccccc32)c1.CC1(C)c2ccccc2-c2cc3c(cc21)Cc1cc2c4ccccc4c4ccccc4c2cc1-3.CC1(C)c2ccccc2-c2cc3c4cc5c6ccccc6c6ccccc6c5cc4n(-c4cccc(-n5c6ccccc6c6ccccc65)c4)c3cc21. The van der Waals surface area contributed by atoms with Crippen LogP contribution in [0.1, 0.15) is 61.1 Å². The van der Waals surface area contributed by atoms with Gasteiger partial charge in [-0.3, -0.25) is 0 Å². The molecule has 3 heterocycles. The van der Waals surface area contributed by atoms with Gasteiger partial charge in [-0.15, -0.1) is 0 Å². The fraction of sp³-hybridized carbons (Fsp3) is 0.0680. The number of nitrogens with zero attached hydrogens (tertiary/aromatic N) is 3. The number of rotatable bonds is 3. The summed E-state index contributed by atoms with van der Waals surface area (Å²) in [4.78, 5) is 0. The zero-order chi connectivity index (χ0) is 71.1. The number of hydrogen-bond acceptors (Lipinski definition) is 0. The summed E-state index contributed by atoms with van der Waals surface area (Å²) in [5, 5.41) is 23.6. The third-order valence-corrected chi connectivity index (χ3v) is 24.8. The first-order valence-electron chi connectivity index (χ1n) is 37.4. The number of hydrogen-bond donors (Lipinski definition) is 0. The first kappa shape index (κ1) is 61.8. The summed E-state index contributed by atoms with van der Waals surface area (Å²) in [5.74, 6) is 0. The van der Waals surface area contributed by atoms with Crippen LogP contribution in [-0.4, -0.2) is 13.7 Å². The molecule has 3 aliphatic rings. The number of benzene rings is 18. The van der Waals surface area contributed by atoms with Gasteiger partial charge in [-0.25, -0.2) is 0 Å². The van der Waals surface area contributed by atoms with E-state index in [1.807, 2.05) is 0 Å². The monoisotopic (exact) mass is 1430 g/mol. The van der Waals surface area contributed by atoms with Crippen molar-refractivity contribution >= 4 is 146 Å². The van der Waals surface area contributed by atoms with Crippen molar-refractivity contribution < 1.29 is 0 Å². The molecule has 3 nitrogen and oxygen atoms in total. The third kappa shape index (κ3) is 9.06. The van der Waals surface area contributed by atoms with Crippen LogP contribution < -0.4 is 0 Å². The van der Waals surface area contributed by atoms with Crippen molar-refractivity contribution in [3.05, 3.63) is 378 Å². The lowest BCUT2D eigenvalue weighted by atomic mass is 9.81. The van der Waals surface area contributed by atoms with E-state index in [0.717, 1.165) is 22.3 Å². The molecule has 0 saturated carbocycles. The quantitative estimate of drug-likeness (QED) is 0.157. The summed E-state index contributed by atoms with van der Waals surface area (Å²) < 4.78 is 8.37. The van der Waals surface area contributed by atoms with E-state index < -0.39 is 0 Å². The summed E-state index contributed by atoms with van der Waals surface area (Å²) in [7, 11) is 0. The fourth-order valence-electron chi connectivity index (χ4n) is 19.5. The Balaban J connectivity index is 0.000000112. The molecule has 4 heteroatoms.